The van der Waals surface area contributed by atoms with Crippen LogP contribution >= 0.6 is 11.3 Å². The van der Waals surface area contributed by atoms with E-state index < -0.39 is 6.61 Å². The minimum Gasteiger partial charge on any atom is -0.496 e. The van der Waals surface area contributed by atoms with E-state index in [0.29, 0.717) is 28.9 Å². The van der Waals surface area contributed by atoms with Crippen molar-refractivity contribution in [3.8, 4) is 17.2 Å². The summed E-state index contributed by atoms with van der Waals surface area (Å²) in [6.45, 7) is 3.66. The molecule has 3 heterocycles. The van der Waals surface area contributed by atoms with Crippen molar-refractivity contribution < 1.29 is 19.2 Å². The van der Waals surface area contributed by atoms with Crippen molar-refractivity contribution in [2.24, 2.45) is 0 Å². The Balaban J connectivity index is 1.50. The second-order valence-corrected chi connectivity index (χ2v) is 7.82. The van der Waals surface area contributed by atoms with Gasteiger partial charge in [-0.1, -0.05) is 17.3 Å². The maximum Gasteiger partial charge on any atom is 0.261 e. The lowest BCUT2D eigenvalue weighted by Gasteiger charge is -2.25. The van der Waals surface area contributed by atoms with Gasteiger partial charge in [-0.25, -0.2) is 0 Å². The summed E-state index contributed by atoms with van der Waals surface area (Å²) in [4.78, 5) is 20.6. The molecule has 0 unspecified atom stereocenters. The molecule has 0 atom stereocenters. The highest BCUT2D eigenvalue weighted by molar-refractivity contribution is 7.14. The van der Waals surface area contributed by atoms with Crippen molar-refractivity contribution in [2.75, 3.05) is 20.3 Å². The fraction of sp³-hybridized carbons (Fsp3) is 0.350. The molecular weight excluding hydrogens is 378 g/mol. The molecule has 0 radical (unpaired) electrons. The van der Waals surface area contributed by atoms with E-state index in [1.165, 1.54) is 21.8 Å². The SMILES string of the molecule is COc1ccccc1-c1nc(CN2CCc3sc(C(=O)CO)c(C)c3C2)no1. The fourth-order valence-electron chi connectivity index (χ4n) is 3.50. The van der Waals surface area contributed by atoms with Crippen LogP contribution in [0.2, 0.25) is 0 Å². The number of ether oxygens (including phenoxy) is 1. The predicted molar refractivity (Wildman–Crippen MR) is 105 cm³/mol. The normalized spacial score (nSPS) is 14.1. The summed E-state index contributed by atoms with van der Waals surface area (Å²) in [6, 6.07) is 7.54. The Morgan fingerprint density at radius 1 is 1.39 bits per heavy atom. The molecule has 1 aromatic carbocycles. The first kappa shape index (κ1) is 18.8. The minimum absolute atomic E-state index is 0.205. The number of hydrogen-bond acceptors (Lipinski definition) is 8. The Labute approximate surface area is 166 Å². The Morgan fingerprint density at radius 3 is 3.00 bits per heavy atom. The van der Waals surface area contributed by atoms with Crippen molar-refractivity contribution in [3.63, 3.8) is 0 Å². The lowest BCUT2D eigenvalue weighted by molar-refractivity contribution is 0.0907. The van der Waals surface area contributed by atoms with E-state index in [2.05, 4.69) is 15.0 Å². The maximum absolute atomic E-state index is 11.9. The summed E-state index contributed by atoms with van der Waals surface area (Å²) in [5.74, 6) is 1.54. The van der Waals surface area contributed by atoms with Crippen molar-refractivity contribution in [2.45, 2.75) is 26.4 Å². The topological polar surface area (TPSA) is 88.7 Å². The standard InChI is InChI=1S/C20H21N3O4S/c1-12-14-9-23(8-7-17(14)28-19(12)15(25)11-24)10-18-21-20(27-22-18)13-5-3-4-6-16(13)26-2/h3-6,24H,7-11H2,1-2H3. The molecule has 0 spiro atoms. The summed E-state index contributed by atoms with van der Waals surface area (Å²) >= 11 is 1.51. The number of carbonyl (C=O) groups is 1. The van der Waals surface area contributed by atoms with E-state index >= 15 is 0 Å². The maximum atomic E-state index is 11.9. The molecule has 2 aromatic heterocycles. The third-order valence-corrected chi connectivity index (χ3v) is 6.39. The van der Waals surface area contributed by atoms with Gasteiger partial charge in [0.1, 0.15) is 12.4 Å². The molecule has 0 saturated carbocycles. The van der Waals surface area contributed by atoms with E-state index in [0.717, 1.165) is 30.6 Å². The zero-order valence-electron chi connectivity index (χ0n) is 15.8. The largest absolute Gasteiger partial charge is 0.496 e. The van der Waals surface area contributed by atoms with Gasteiger partial charge in [-0.05, 0) is 36.6 Å². The van der Waals surface area contributed by atoms with Gasteiger partial charge in [-0.2, -0.15) is 4.98 Å². The number of thiophene rings is 1. The number of aliphatic hydroxyl groups excluding tert-OH is 1. The van der Waals surface area contributed by atoms with Gasteiger partial charge < -0.3 is 14.4 Å². The number of ketones is 1. The molecule has 1 aliphatic heterocycles. The van der Waals surface area contributed by atoms with Crippen molar-refractivity contribution in [1.82, 2.24) is 15.0 Å². The number of aliphatic hydroxyl groups is 1. The van der Waals surface area contributed by atoms with E-state index in [9.17, 15) is 4.79 Å². The number of carbonyl (C=O) groups excluding carboxylic acids is 1. The van der Waals surface area contributed by atoms with Gasteiger partial charge in [0.05, 0.1) is 24.1 Å². The van der Waals surface area contributed by atoms with Crippen LogP contribution in [-0.4, -0.2) is 46.2 Å². The van der Waals surface area contributed by atoms with Crippen LogP contribution < -0.4 is 4.74 Å². The van der Waals surface area contributed by atoms with E-state index in [1.54, 1.807) is 7.11 Å². The number of aromatic nitrogens is 2. The van der Waals surface area contributed by atoms with Crippen LogP contribution in [0.15, 0.2) is 28.8 Å². The first-order valence-corrected chi connectivity index (χ1v) is 9.86. The van der Waals surface area contributed by atoms with E-state index in [-0.39, 0.29) is 5.78 Å². The van der Waals surface area contributed by atoms with Gasteiger partial charge in [0.15, 0.2) is 11.6 Å². The fourth-order valence-corrected chi connectivity index (χ4v) is 4.74. The summed E-state index contributed by atoms with van der Waals surface area (Å²) < 4.78 is 10.8. The van der Waals surface area contributed by atoms with Gasteiger partial charge in [-0.15, -0.1) is 11.3 Å². The Kier molecular flexibility index (Phi) is 5.25. The third kappa shape index (κ3) is 3.46. The van der Waals surface area contributed by atoms with Crippen LogP contribution in [-0.2, 0) is 19.5 Å². The van der Waals surface area contributed by atoms with E-state index in [4.69, 9.17) is 14.4 Å². The Hall–Kier alpha value is -2.55. The first-order chi connectivity index (χ1) is 13.6. The predicted octanol–water partition coefficient (Wildman–Crippen LogP) is 2.85. The molecule has 8 heteroatoms. The highest BCUT2D eigenvalue weighted by Gasteiger charge is 2.26. The van der Waals surface area contributed by atoms with Gasteiger partial charge in [0, 0.05) is 18.0 Å². The highest BCUT2D eigenvalue weighted by Crippen LogP contribution is 2.33. The third-order valence-electron chi connectivity index (χ3n) is 4.96. The average molecular weight is 399 g/mol. The van der Waals surface area contributed by atoms with Gasteiger partial charge in [-0.3, -0.25) is 9.69 Å². The molecule has 0 bridgehead atoms. The van der Waals surface area contributed by atoms with Gasteiger partial charge in [0.25, 0.3) is 5.89 Å². The van der Waals surface area contributed by atoms with Crippen LogP contribution in [0.3, 0.4) is 0 Å². The molecule has 4 rings (SSSR count). The lowest BCUT2D eigenvalue weighted by atomic mass is 10.0. The molecular formula is C20H21N3O4S. The first-order valence-electron chi connectivity index (χ1n) is 9.04. The molecule has 0 saturated heterocycles. The van der Waals surface area contributed by atoms with Crippen LogP contribution in [0.25, 0.3) is 11.5 Å². The lowest BCUT2D eigenvalue weighted by Crippen LogP contribution is -2.30. The number of fused-ring (bicyclic) bond motifs is 1. The second kappa shape index (κ2) is 7.83. The number of para-hydroxylation sites is 1. The van der Waals surface area contributed by atoms with Gasteiger partial charge >= 0.3 is 0 Å². The van der Waals surface area contributed by atoms with Crippen molar-refractivity contribution in [3.05, 3.63) is 51.0 Å². The quantitative estimate of drug-likeness (QED) is 0.638. The zero-order valence-corrected chi connectivity index (χ0v) is 16.6. The van der Waals surface area contributed by atoms with Gasteiger partial charge in [0.2, 0.25) is 0 Å². The van der Waals surface area contributed by atoms with Crippen molar-refractivity contribution >= 4 is 17.1 Å². The molecule has 0 fully saturated rings. The van der Waals surface area contributed by atoms with Crippen LogP contribution in [0.5, 0.6) is 5.75 Å². The molecule has 1 N–H and O–H groups in total. The average Bonchev–Trinajstić information content (AvgIpc) is 3.32. The molecule has 7 nitrogen and oxygen atoms in total. The number of rotatable bonds is 6. The molecule has 146 valence electrons. The smallest absolute Gasteiger partial charge is 0.261 e. The minimum atomic E-state index is -0.446. The molecule has 1 aliphatic rings. The summed E-state index contributed by atoms with van der Waals surface area (Å²) in [5, 5.41) is 13.3. The number of methoxy groups -OCH3 is 1. The summed E-state index contributed by atoms with van der Waals surface area (Å²) in [5.41, 5.74) is 2.93. The molecule has 0 amide bonds. The Bertz CT molecular complexity index is 1010. The van der Waals surface area contributed by atoms with Crippen LogP contribution in [0, 0.1) is 6.92 Å². The number of hydrogen-bond donors (Lipinski definition) is 1. The zero-order chi connectivity index (χ0) is 19.7. The van der Waals surface area contributed by atoms with E-state index in [1.807, 2.05) is 31.2 Å². The Morgan fingerprint density at radius 2 is 2.21 bits per heavy atom. The highest BCUT2D eigenvalue weighted by atomic mass is 32.1. The second-order valence-electron chi connectivity index (χ2n) is 6.72. The molecule has 0 aliphatic carbocycles. The summed E-state index contributed by atoms with van der Waals surface area (Å²) in [7, 11) is 1.61. The monoisotopic (exact) mass is 399 g/mol. The summed E-state index contributed by atoms with van der Waals surface area (Å²) in [6.07, 6.45) is 0.872. The molecule has 3 aromatic rings. The number of benzene rings is 1. The number of Topliss-reactive ketones (excluding diaryl/α,β-unsaturated/α-hetero) is 1. The van der Waals surface area contributed by atoms with Crippen molar-refractivity contribution in [1.29, 1.82) is 0 Å². The molecule has 28 heavy (non-hydrogen) atoms. The number of nitrogens with zero attached hydrogens (tertiary/aromatic N) is 3. The van der Waals surface area contributed by atoms with Crippen LogP contribution in [0.4, 0.5) is 0 Å². The van der Waals surface area contributed by atoms with Crippen LogP contribution in [0.1, 0.15) is 31.5 Å².